The maximum Gasteiger partial charge on any atom is 0.319 e. The van der Waals surface area contributed by atoms with E-state index >= 15 is 0 Å². The second-order valence-electron chi connectivity index (χ2n) is 5.96. The van der Waals surface area contributed by atoms with E-state index in [4.69, 9.17) is 10.1 Å². The summed E-state index contributed by atoms with van der Waals surface area (Å²) in [6.45, 7) is 4.54. The van der Waals surface area contributed by atoms with E-state index in [0.29, 0.717) is 31.1 Å². The van der Waals surface area contributed by atoms with Crippen LogP contribution in [0.5, 0.6) is 0 Å². The van der Waals surface area contributed by atoms with E-state index in [1.807, 2.05) is 31.2 Å². The second-order valence-corrected chi connectivity index (χ2v) is 5.96. The summed E-state index contributed by atoms with van der Waals surface area (Å²) in [6, 6.07) is 7.19. The van der Waals surface area contributed by atoms with Crippen LogP contribution in [0.3, 0.4) is 0 Å². The molecule has 0 bridgehead atoms. The van der Waals surface area contributed by atoms with Crippen molar-refractivity contribution < 1.29 is 9.90 Å². The molecule has 2 aromatic rings. The Morgan fingerprint density at radius 3 is 2.81 bits per heavy atom. The fourth-order valence-electron chi connectivity index (χ4n) is 2.85. The molecule has 2 amide bonds. The zero-order valence-electron chi connectivity index (χ0n) is 14.8. The monoisotopic (exact) mass is 356 g/mol. The molecule has 8 heteroatoms. The predicted molar refractivity (Wildman–Crippen MR) is 101 cm³/mol. The van der Waals surface area contributed by atoms with Gasteiger partial charge < -0.3 is 26.4 Å². The number of hydrogen-bond acceptors (Lipinski definition) is 6. The van der Waals surface area contributed by atoms with E-state index in [0.717, 1.165) is 35.6 Å². The Morgan fingerprint density at radius 2 is 2.08 bits per heavy atom. The van der Waals surface area contributed by atoms with Crippen LogP contribution in [0, 0.1) is 0 Å². The number of nitrogens with zero attached hydrogens (tertiary/aromatic N) is 2. The van der Waals surface area contributed by atoms with Crippen LogP contribution in [0.25, 0.3) is 11.4 Å². The van der Waals surface area contributed by atoms with Gasteiger partial charge in [-0.15, -0.1) is 0 Å². The van der Waals surface area contributed by atoms with Crippen molar-refractivity contribution in [1.82, 2.24) is 20.6 Å². The number of anilines is 2. The standard InChI is InChI=1S/C18H24N6O2/c1-2-20-18(26)22-13-5-3-12(4-6-13)16-23-15-11-19-8-7-14(15)17(24-16)21-9-10-25/h3-6,19,25H,2,7-11H2,1H3,(H2,20,22,26)(H,21,23,24). The number of nitrogens with one attached hydrogen (secondary N) is 4. The highest BCUT2D eigenvalue weighted by molar-refractivity contribution is 5.89. The maximum absolute atomic E-state index is 11.6. The first-order valence-electron chi connectivity index (χ1n) is 8.81. The highest BCUT2D eigenvalue weighted by atomic mass is 16.3. The van der Waals surface area contributed by atoms with Crippen molar-refractivity contribution in [2.24, 2.45) is 0 Å². The molecule has 0 saturated heterocycles. The third kappa shape index (κ3) is 4.27. The van der Waals surface area contributed by atoms with Crippen molar-refractivity contribution in [3.8, 4) is 11.4 Å². The predicted octanol–water partition coefficient (Wildman–Crippen LogP) is 1.33. The zero-order valence-corrected chi connectivity index (χ0v) is 14.8. The number of rotatable bonds is 6. The first-order chi connectivity index (χ1) is 12.7. The van der Waals surface area contributed by atoms with Gasteiger partial charge in [-0.05, 0) is 44.2 Å². The minimum atomic E-state index is -0.230. The normalized spacial score (nSPS) is 13.0. The molecule has 0 saturated carbocycles. The quantitative estimate of drug-likeness (QED) is 0.534. The topological polar surface area (TPSA) is 111 Å². The Kier molecular flexibility index (Phi) is 5.98. The fourth-order valence-corrected chi connectivity index (χ4v) is 2.85. The van der Waals surface area contributed by atoms with Crippen LogP contribution in [0.2, 0.25) is 0 Å². The lowest BCUT2D eigenvalue weighted by atomic mass is 10.1. The number of aromatic nitrogens is 2. The van der Waals surface area contributed by atoms with Gasteiger partial charge in [0.15, 0.2) is 5.82 Å². The minimum absolute atomic E-state index is 0.0482. The Morgan fingerprint density at radius 1 is 1.27 bits per heavy atom. The molecule has 1 aliphatic heterocycles. The van der Waals surface area contributed by atoms with E-state index in [-0.39, 0.29) is 12.6 Å². The van der Waals surface area contributed by atoms with E-state index in [1.165, 1.54) is 0 Å². The van der Waals surface area contributed by atoms with E-state index < -0.39 is 0 Å². The Labute approximate surface area is 152 Å². The Bertz CT molecular complexity index is 763. The van der Waals surface area contributed by atoms with Gasteiger partial charge in [-0.1, -0.05) is 0 Å². The van der Waals surface area contributed by atoms with Crippen molar-refractivity contribution in [3.63, 3.8) is 0 Å². The molecule has 1 aliphatic rings. The number of aliphatic hydroxyl groups excluding tert-OH is 1. The molecule has 0 unspecified atom stereocenters. The van der Waals surface area contributed by atoms with Gasteiger partial charge in [0, 0.05) is 36.4 Å². The molecule has 0 aliphatic carbocycles. The molecule has 0 atom stereocenters. The van der Waals surface area contributed by atoms with Crippen LogP contribution in [-0.4, -0.2) is 47.3 Å². The number of fused-ring (bicyclic) bond motifs is 1. The summed E-state index contributed by atoms with van der Waals surface area (Å²) in [7, 11) is 0. The average molecular weight is 356 g/mol. The van der Waals surface area contributed by atoms with E-state index in [9.17, 15) is 4.79 Å². The van der Waals surface area contributed by atoms with Gasteiger partial charge in [-0.25, -0.2) is 14.8 Å². The van der Waals surface area contributed by atoms with Gasteiger partial charge in [0.2, 0.25) is 0 Å². The van der Waals surface area contributed by atoms with Crippen LogP contribution in [0.15, 0.2) is 24.3 Å². The van der Waals surface area contributed by atoms with Gasteiger partial charge in [-0.3, -0.25) is 0 Å². The fraction of sp³-hybridized carbons (Fsp3) is 0.389. The van der Waals surface area contributed by atoms with E-state index in [1.54, 1.807) is 0 Å². The summed E-state index contributed by atoms with van der Waals surface area (Å²) in [5.41, 5.74) is 3.66. The molecule has 3 rings (SSSR count). The Hall–Kier alpha value is -2.71. The van der Waals surface area contributed by atoms with Crippen molar-refractivity contribution in [2.75, 3.05) is 36.9 Å². The number of urea groups is 1. The summed E-state index contributed by atoms with van der Waals surface area (Å²) >= 11 is 0. The molecule has 26 heavy (non-hydrogen) atoms. The van der Waals surface area contributed by atoms with Gasteiger partial charge in [-0.2, -0.15) is 0 Å². The summed E-state index contributed by atoms with van der Waals surface area (Å²) in [5.74, 6) is 1.41. The lowest BCUT2D eigenvalue weighted by molar-refractivity contribution is 0.252. The van der Waals surface area contributed by atoms with Crippen molar-refractivity contribution in [2.45, 2.75) is 19.9 Å². The molecule has 0 radical (unpaired) electrons. The molecular weight excluding hydrogens is 332 g/mol. The number of aliphatic hydroxyl groups is 1. The zero-order chi connectivity index (χ0) is 18.4. The van der Waals surface area contributed by atoms with Gasteiger partial charge in [0.25, 0.3) is 0 Å². The summed E-state index contributed by atoms with van der Waals surface area (Å²) < 4.78 is 0. The van der Waals surface area contributed by atoms with Crippen LogP contribution in [0.4, 0.5) is 16.3 Å². The number of carbonyl (C=O) groups excluding carboxylic acids is 1. The molecule has 0 spiro atoms. The SMILES string of the molecule is CCNC(=O)Nc1ccc(-c2nc3c(c(NCCO)n2)CCNC3)cc1. The van der Waals surface area contributed by atoms with Crippen LogP contribution in [0.1, 0.15) is 18.2 Å². The third-order valence-corrected chi connectivity index (χ3v) is 4.08. The van der Waals surface area contributed by atoms with Gasteiger partial charge in [0.1, 0.15) is 5.82 Å². The smallest absolute Gasteiger partial charge is 0.319 e. The van der Waals surface area contributed by atoms with Crippen LogP contribution in [-0.2, 0) is 13.0 Å². The summed E-state index contributed by atoms with van der Waals surface area (Å²) in [4.78, 5) is 20.9. The van der Waals surface area contributed by atoms with Crippen molar-refractivity contribution in [3.05, 3.63) is 35.5 Å². The first-order valence-corrected chi connectivity index (χ1v) is 8.81. The van der Waals surface area contributed by atoms with Crippen LogP contribution < -0.4 is 21.3 Å². The molecule has 8 nitrogen and oxygen atoms in total. The molecule has 0 fully saturated rings. The third-order valence-electron chi connectivity index (χ3n) is 4.08. The molecule has 2 heterocycles. The van der Waals surface area contributed by atoms with E-state index in [2.05, 4.69) is 26.3 Å². The molecular formula is C18H24N6O2. The highest BCUT2D eigenvalue weighted by Gasteiger charge is 2.18. The summed E-state index contributed by atoms with van der Waals surface area (Å²) in [6.07, 6.45) is 0.860. The largest absolute Gasteiger partial charge is 0.395 e. The molecule has 138 valence electrons. The highest BCUT2D eigenvalue weighted by Crippen LogP contribution is 2.25. The van der Waals surface area contributed by atoms with Crippen molar-refractivity contribution >= 4 is 17.5 Å². The minimum Gasteiger partial charge on any atom is -0.395 e. The average Bonchev–Trinajstić information content (AvgIpc) is 2.66. The molecule has 1 aromatic carbocycles. The first kappa shape index (κ1) is 18.1. The second kappa shape index (κ2) is 8.59. The van der Waals surface area contributed by atoms with Crippen LogP contribution >= 0.6 is 0 Å². The molecule has 5 N–H and O–H groups in total. The Balaban J connectivity index is 1.85. The number of benzene rings is 1. The lowest BCUT2D eigenvalue weighted by Gasteiger charge is -2.20. The van der Waals surface area contributed by atoms with Gasteiger partial charge in [0.05, 0.1) is 12.3 Å². The lowest BCUT2D eigenvalue weighted by Crippen LogP contribution is -2.28. The number of amides is 2. The van der Waals surface area contributed by atoms with Crippen molar-refractivity contribution in [1.29, 1.82) is 0 Å². The molecule has 1 aromatic heterocycles. The number of hydrogen-bond donors (Lipinski definition) is 5. The van der Waals surface area contributed by atoms with Gasteiger partial charge >= 0.3 is 6.03 Å². The number of carbonyl (C=O) groups is 1. The maximum atomic E-state index is 11.6. The summed E-state index contributed by atoms with van der Waals surface area (Å²) in [5, 5.41) is 21.1.